The summed E-state index contributed by atoms with van der Waals surface area (Å²) >= 11 is 0. The third-order valence-electron chi connectivity index (χ3n) is 3.12. The smallest absolute Gasteiger partial charge is 0.338 e. The molecule has 2 rings (SSSR count). The van der Waals surface area contributed by atoms with Gasteiger partial charge in [0.05, 0.1) is 12.7 Å². The average molecular weight is 317 g/mol. The number of esters is 1. The van der Waals surface area contributed by atoms with Crippen LogP contribution in [0.2, 0.25) is 0 Å². The van der Waals surface area contributed by atoms with Gasteiger partial charge in [0.2, 0.25) is 0 Å². The van der Waals surface area contributed by atoms with Gasteiger partial charge in [-0.05, 0) is 48.9 Å². The van der Waals surface area contributed by atoms with Crippen LogP contribution in [0, 0.1) is 12.7 Å². The summed E-state index contributed by atoms with van der Waals surface area (Å²) < 4.78 is 23.3. The van der Waals surface area contributed by atoms with Crippen LogP contribution in [0.1, 0.15) is 15.9 Å². The molecule has 0 saturated heterocycles. The highest BCUT2D eigenvalue weighted by Crippen LogP contribution is 2.14. The summed E-state index contributed by atoms with van der Waals surface area (Å²) in [5.41, 5.74) is 1.09. The van der Waals surface area contributed by atoms with Crippen molar-refractivity contribution in [2.75, 3.05) is 19.0 Å². The number of methoxy groups -OCH3 is 1. The zero-order valence-electron chi connectivity index (χ0n) is 12.8. The number of carbonyl (C=O) groups excluding carboxylic acids is 2. The lowest BCUT2D eigenvalue weighted by Crippen LogP contribution is -2.21. The van der Waals surface area contributed by atoms with Gasteiger partial charge in [-0.25, -0.2) is 9.18 Å². The third kappa shape index (κ3) is 4.54. The molecule has 0 saturated carbocycles. The molecular formula is C17H16FNO4. The SMILES string of the molecule is COc1ccc(C(=O)OCC(=O)Nc2ccc(C)c(F)c2)cc1. The van der Waals surface area contributed by atoms with E-state index in [-0.39, 0.29) is 0 Å². The number of carbonyl (C=O) groups is 2. The Bertz CT molecular complexity index is 713. The van der Waals surface area contributed by atoms with Crippen LogP contribution in [-0.4, -0.2) is 25.6 Å². The maximum atomic E-state index is 13.4. The van der Waals surface area contributed by atoms with Crippen LogP contribution < -0.4 is 10.1 Å². The summed E-state index contributed by atoms with van der Waals surface area (Å²) in [6.07, 6.45) is 0. The number of benzene rings is 2. The first-order valence-electron chi connectivity index (χ1n) is 6.87. The molecule has 0 aromatic heterocycles. The Balaban J connectivity index is 1.87. The molecule has 6 heteroatoms. The molecule has 0 unspecified atom stereocenters. The van der Waals surface area contributed by atoms with Gasteiger partial charge in [0.15, 0.2) is 6.61 Å². The fourth-order valence-corrected chi connectivity index (χ4v) is 1.81. The van der Waals surface area contributed by atoms with Crippen molar-refractivity contribution >= 4 is 17.6 Å². The van der Waals surface area contributed by atoms with Gasteiger partial charge in [-0.15, -0.1) is 0 Å². The molecule has 1 N–H and O–H groups in total. The third-order valence-corrected chi connectivity index (χ3v) is 3.12. The van der Waals surface area contributed by atoms with Crippen LogP contribution in [0.3, 0.4) is 0 Å². The van der Waals surface area contributed by atoms with E-state index in [0.29, 0.717) is 22.6 Å². The molecule has 0 bridgehead atoms. The van der Waals surface area contributed by atoms with Gasteiger partial charge in [0, 0.05) is 5.69 Å². The molecule has 23 heavy (non-hydrogen) atoms. The highest BCUT2D eigenvalue weighted by atomic mass is 19.1. The van der Waals surface area contributed by atoms with Crippen LogP contribution in [0.15, 0.2) is 42.5 Å². The molecule has 0 radical (unpaired) electrons. The van der Waals surface area contributed by atoms with Gasteiger partial charge in [0.1, 0.15) is 11.6 Å². The number of hydrogen-bond acceptors (Lipinski definition) is 4. The largest absolute Gasteiger partial charge is 0.497 e. The van der Waals surface area contributed by atoms with Crippen molar-refractivity contribution in [3.8, 4) is 5.75 Å². The van der Waals surface area contributed by atoms with Gasteiger partial charge in [-0.2, -0.15) is 0 Å². The van der Waals surface area contributed by atoms with Crippen LogP contribution in [0.5, 0.6) is 5.75 Å². The Morgan fingerprint density at radius 1 is 1.13 bits per heavy atom. The molecular weight excluding hydrogens is 301 g/mol. The van der Waals surface area contributed by atoms with Gasteiger partial charge in [-0.3, -0.25) is 4.79 Å². The van der Waals surface area contributed by atoms with Crippen molar-refractivity contribution in [2.24, 2.45) is 0 Å². The van der Waals surface area contributed by atoms with Crippen LogP contribution in [0.25, 0.3) is 0 Å². The van der Waals surface area contributed by atoms with E-state index in [0.717, 1.165) is 0 Å². The van der Waals surface area contributed by atoms with Gasteiger partial charge < -0.3 is 14.8 Å². The second-order valence-corrected chi connectivity index (χ2v) is 4.82. The van der Waals surface area contributed by atoms with E-state index in [2.05, 4.69) is 5.32 Å². The van der Waals surface area contributed by atoms with E-state index >= 15 is 0 Å². The molecule has 0 atom stereocenters. The lowest BCUT2D eigenvalue weighted by atomic mass is 10.2. The molecule has 0 aliphatic rings. The van der Waals surface area contributed by atoms with Crippen molar-refractivity contribution in [3.05, 3.63) is 59.4 Å². The summed E-state index contributed by atoms with van der Waals surface area (Å²) in [6, 6.07) is 10.6. The molecule has 5 nitrogen and oxygen atoms in total. The fraction of sp³-hybridized carbons (Fsp3) is 0.176. The number of amides is 1. The zero-order chi connectivity index (χ0) is 16.8. The van der Waals surface area contributed by atoms with E-state index in [9.17, 15) is 14.0 Å². The number of nitrogens with one attached hydrogen (secondary N) is 1. The normalized spacial score (nSPS) is 10.0. The van der Waals surface area contributed by atoms with Crippen LogP contribution >= 0.6 is 0 Å². The number of ether oxygens (including phenoxy) is 2. The van der Waals surface area contributed by atoms with Gasteiger partial charge in [-0.1, -0.05) is 6.07 Å². The minimum Gasteiger partial charge on any atom is -0.497 e. The Morgan fingerprint density at radius 3 is 2.43 bits per heavy atom. The van der Waals surface area contributed by atoms with Crippen LogP contribution in [0.4, 0.5) is 10.1 Å². The monoisotopic (exact) mass is 317 g/mol. The Labute approximate surface area is 133 Å². The first-order valence-corrected chi connectivity index (χ1v) is 6.87. The number of anilines is 1. The van der Waals surface area contributed by atoms with Crippen molar-refractivity contribution in [2.45, 2.75) is 6.92 Å². The lowest BCUT2D eigenvalue weighted by Gasteiger charge is -2.08. The second-order valence-electron chi connectivity index (χ2n) is 4.82. The van der Waals surface area contributed by atoms with Gasteiger partial charge in [0.25, 0.3) is 5.91 Å². The summed E-state index contributed by atoms with van der Waals surface area (Å²) in [5, 5.41) is 2.46. The molecule has 2 aromatic carbocycles. The fourth-order valence-electron chi connectivity index (χ4n) is 1.81. The highest BCUT2D eigenvalue weighted by molar-refractivity contribution is 5.95. The average Bonchev–Trinajstić information content (AvgIpc) is 2.56. The topological polar surface area (TPSA) is 64.6 Å². The van der Waals surface area contributed by atoms with Crippen molar-refractivity contribution in [3.63, 3.8) is 0 Å². The Morgan fingerprint density at radius 2 is 1.83 bits per heavy atom. The van der Waals surface area contributed by atoms with Crippen LogP contribution in [-0.2, 0) is 9.53 Å². The van der Waals surface area contributed by atoms with E-state index in [4.69, 9.17) is 9.47 Å². The highest BCUT2D eigenvalue weighted by Gasteiger charge is 2.11. The van der Waals surface area contributed by atoms with Crippen molar-refractivity contribution in [1.29, 1.82) is 0 Å². The van der Waals surface area contributed by atoms with E-state index in [1.807, 2.05) is 0 Å². The summed E-state index contributed by atoms with van der Waals surface area (Å²) in [4.78, 5) is 23.5. The Hall–Kier alpha value is -2.89. The quantitative estimate of drug-likeness (QED) is 0.861. The van der Waals surface area contributed by atoms with E-state index in [1.165, 1.54) is 25.3 Å². The Kier molecular flexibility index (Phi) is 5.30. The molecule has 2 aromatic rings. The molecule has 0 fully saturated rings. The molecule has 120 valence electrons. The second kappa shape index (κ2) is 7.40. The minimum atomic E-state index is -0.627. The lowest BCUT2D eigenvalue weighted by molar-refractivity contribution is -0.119. The molecule has 0 aliphatic heterocycles. The summed E-state index contributed by atoms with van der Waals surface area (Å²) in [7, 11) is 1.52. The standard InChI is InChI=1S/C17H16FNO4/c1-11-3-6-13(9-15(11)18)19-16(20)10-23-17(21)12-4-7-14(22-2)8-5-12/h3-9H,10H2,1-2H3,(H,19,20). The first-order chi connectivity index (χ1) is 11.0. The summed E-state index contributed by atoms with van der Waals surface area (Å²) in [5.74, 6) is -0.980. The maximum Gasteiger partial charge on any atom is 0.338 e. The van der Waals surface area contributed by atoms with E-state index < -0.39 is 24.3 Å². The summed E-state index contributed by atoms with van der Waals surface area (Å²) in [6.45, 7) is 1.16. The van der Waals surface area contributed by atoms with Crippen molar-refractivity contribution in [1.82, 2.24) is 0 Å². The predicted molar refractivity (Wildman–Crippen MR) is 83.0 cm³/mol. The number of hydrogen-bond donors (Lipinski definition) is 1. The number of halogens is 1. The van der Waals surface area contributed by atoms with Gasteiger partial charge >= 0.3 is 5.97 Å². The molecule has 0 spiro atoms. The van der Waals surface area contributed by atoms with E-state index in [1.54, 1.807) is 31.2 Å². The first kappa shape index (κ1) is 16.5. The number of rotatable bonds is 5. The maximum absolute atomic E-state index is 13.4. The number of aryl methyl sites for hydroxylation is 1. The molecule has 1 amide bonds. The van der Waals surface area contributed by atoms with Crippen molar-refractivity contribution < 1.29 is 23.5 Å². The zero-order valence-corrected chi connectivity index (χ0v) is 12.8. The molecule has 0 aliphatic carbocycles. The predicted octanol–water partition coefficient (Wildman–Crippen LogP) is 2.94. The minimum absolute atomic E-state index is 0.304. The molecule has 0 heterocycles.